The van der Waals surface area contributed by atoms with Crippen molar-refractivity contribution in [2.24, 2.45) is 0 Å². The molecule has 0 amide bonds. The predicted molar refractivity (Wildman–Crippen MR) is 58.2 cm³/mol. The van der Waals surface area contributed by atoms with Crippen molar-refractivity contribution in [3.8, 4) is 0 Å². The lowest BCUT2D eigenvalue weighted by atomic mass is 10.2. The monoisotopic (exact) mass is 216 g/mol. The van der Waals surface area contributed by atoms with E-state index in [0.29, 0.717) is 12.2 Å². The zero-order valence-corrected chi connectivity index (χ0v) is 8.65. The van der Waals surface area contributed by atoms with Gasteiger partial charge in [0.15, 0.2) is 6.29 Å². The van der Waals surface area contributed by atoms with Gasteiger partial charge in [0.1, 0.15) is 0 Å². The van der Waals surface area contributed by atoms with Crippen molar-refractivity contribution in [1.82, 2.24) is 9.97 Å². The van der Waals surface area contributed by atoms with Gasteiger partial charge in [0.2, 0.25) is 0 Å². The molecule has 2 rings (SSSR count). The fraction of sp³-hybridized carbons (Fsp3) is 0.167. The summed E-state index contributed by atoms with van der Waals surface area (Å²) in [6.07, 6.45) is 5.67. The number of aromatic nitrogens is 2. The number of rotatable bonds is 4. The summed E-state index contributed by atoms with van der Waals surface area (Å²) in [6.45, 7) is 0.346. The highest BCUT2D eigenvalue weighted by molar-refractivity contribution is 5.11. The van der Waals surface area contributed by atoms with Crippen LogP contribution in [0.5, 0.6) is 0 Å². The Hall–Kier alpha value is -1.78. The first-order valence-corrected chi connectivity index (χ1v) is 4.95. The fourth-order valence-electron chi connectivity index (χ4n) is 1.27. The van der Waals surface area contributed by atoms with Crippen LogP contribution in [0.15, 0.2) is 49.1 Å². The molecule has 2 aromatic heterocycles. The maximum absolute atomic E-state index is 9.70. The highest BCUT2D eigenvalue weighted by Gasteiger charge is 2.07. The normalized spacial score (nSPS) is 12.3. The molecular weight excluding hydrogens is 204 g/mol. The molecule has 0 saturated carbocycles. The van der Waals surface area contributed by atoms with Crippen molar-refractivity contribution in [1.29, 1.82) is 0 Å². The third kappa shape index (κ3) is 2.85. The van der Waals surface area contributed by atoms with Gasteiger partial charge in [-0.25, -0.2) is 0 Å². The summed E-state index contributed by atoms with van der Waals surface area (Å²) in [5.41, 5.74) is 1.62. The Morgan fingerprint density at radius 2 is 1.94 bits per heavy atom. The van der Waals surface area contributed by atoms with E-state index < -0.39 is 6.29 Å². The number of nitrogens with zero attached hydrogens (tertiary/aromatic N) is 2. The van der Waals surface area contributed by atoms with Crippen LogP contribution in [0.2, 0.25) is 0 Å². The minimum absolute atomic E-state index is 0.346. The molecule has 82 valence electrons. The third-order valence-corrected chi connectivity index (χ3v) is 2.13. The summed E-state index contributed by atoms with van der Waals surface area (Å²) >= 11 is 0. The maximum atomic E-state index is 9.70. The largest absolute Gasteiger partial charge is 0.364 e. The van der Waals surface area contributed by atoms with Gasteiger partial charge in [-0.1, -0.05) is 6.07 Å². The summed E-state index contributed by atoms with van der Waals surface area (Å²) in [7, 11) is 0. The summed E-state index contributed by atoms with van der Waals surface area (Å²) in [6, 6.07) is 7.21. The summed E-state index contributed by atoms with van der Waals surface area (Å²) in [5, 5.41) is 9.70. The van der Waals surface area contributed by atoms with E-state index in [1.807, 2.05) is 12.1 Å². The van der Waals surface area contributed by atoms with E-state index in [2.05, 4.69) is 9.97 Å². The molecule has 1 unspecified atom stereocenters. The van der Waals surface area contributed by atoms with Crippen molar-refractivity contribution in [2.45, 2.75) is 12.9 Å². The third-order valence-electron chi connectivity index (χ3n) is 2.13. The SMILES string of the molecule is OC(OCc1ccncc1)c1cccnc1. The van der Waals surface area contributed by atoms with Crippen LogP contribution in [-0.4, -0.2) is 15.1 Å². The molecule has 2 aromatic rings. The second kappa shape index (κ2) is 5.34. The molecule has 2 heterocycles. The van der Waals surface area contributed by atoms with Gasteiger partial charge in [0.05, 0.1) is 6.61 Å². The molecule has 0 fully saturated rings. The van der Waals surface area contributed by atoms with Gasteiger partial charge in [-0.05, 0) is 23.8 Å². The molecule has 4 nitrogen and oxygen atoms in total. The van der Waals surface area contributed by atoms with Crippen LogP contribution in [0, 0.1) is 0 Å². The molecule has 4 heteroatoms. The first-order valence-electron chi connectivity index (χ1n) is 4.95. The molecule has 0 spiro atoms. The van der Waals surface area contributed by atoms with Crippen molar-refractivity contribution < 1.29 is 9.84 Å². The highest BCUT2D eigenvalue weighted by atomic mass is 16.6. The average Bonchev–Trinajstić information content (AvgIpc) is 2.38. The smallest absolute Gasteiger partial charge is 0.183 e. The Kier molecular flexibility index (Phi) is 3.58. The zero-order chi connectivity index (χ0) is 11.2. The lowest BCUT2D eigenvalue weighted by Crippen LogP contribution is -2.03. The Bertz CT molecular complexity index is 420. The first kappa shape index (κ1) is 10.7. The molecule has 0 aliphatic rings. The van der Waals surface area contributed by atoms with Crippen LogP contribution < -0.4 is 0 Å². The van der Waals surface area contributed by atoms with Gasteiger partial charge >= 0.3 is 0 Å². The minimum Gasteiger partial charge on any atom is -0.364 e. The second-order valence-electron chi connectivity index (χ2n) is 3.31. The number of hydrogen-bond donors (Lipinski definition) is 1. The molecule has 16 heavy (non-hydrogen) atoms. The van der Waals surface area contributed by atoms with Crippen LogP contribution in [0.4, 0.5) is 0 Å². The second-order valence-corrected chi connectivity index (χ2v) is 3.31. The highest BCUT2D eigenvalue weighted by Crippen LogP contribution is 2.14. The summed E-state index contributed by atoms with van der Waals surface area (Å²) < 4.78 is 5.30. The van der Waals surface area contributed by atoms with E-state index in [1.54, 1.807) is 36.9 Å². The van der Waals surface area contributed by atoms with Gasteiger partial charge < -0.3 is 9.84 Å². The van der Waals surface area contributed by atoms with Crippen LogP contribution >= 0.6 is 0 Å². The zero-order valence-electron chi connectivity index (χ0n) is 8.65. The minimum atomic E-state index is -0.943. The van der Waals surface area contributed by atoms with Gasteiger partial charge in [0, 0.05) is 30.4 Å². The number of aliphatic hydroxyl groups is 1. The van der Waals surface area contributed by atoms with E-state index in [0.717, 1.165) is 5.56 Å². The summed E-state index contributed by atoms with van der Waals surface area (Å²) in [4.78, 5) is 7.81. The van der Waals surface area contributed by atoms with E-state index in [-0.39, 0.29) is 0 Å². The van der Waals surface area contributed by atoms with Crippen molar-refractivity contribution in [3.05, 3.63) is 60.2 Å². The topological polar surface area (TPSA) is 55.2 Å². The van der Waals surface area contributed by atoms with Crippen LogP contribution in [0.3, 0.4) is 0 Å². The van der Waals surface area contributed by atoms with Crippen LogP contribution in [0.25, 0.3) is 0 Å². The molecular formula is C12H12N2O2. The molecule has 0 saturated heterocycles. The fourth-order valence-corrected chi connectivity index (χ4v) is 1.27. The van der Waals surface area contributed by atoms with Gasteiger partial charge in [-0.3, -0.25) is 9.97 Å². The lowest BCUT2D eigenvalue weighted by Gasteiger charge is -2.11. The molecule has 1 atom stereocenters. The van der Waals surface area contributed by atoms with Crippen molar-refractivity contribution in [3.63, 3.8) is 0 Å². The van der Waals surface area contributed by atoms with Crippen molar-refractivity contribution >= 4 is 0 Å². The van der Waals surface area contributed by atoms with E-state index >= 15 is 0 Å². The molecule has 0 aromatic carbocycles. The standard InChI is InChI=1S/C12H12N2O2/c15-12(11-2-1-5-14-8-11)16-9-10-3-6-13-7-4-10/h1-8,12,15H,9H2. The number of aliphatic hydroxyl groups excluding tert-OH is 1. The van der Waals surface area contributed by atoms with Crippen LogP contribution in [0.1, 0.15) is 17.4 Å². The molecule has 0 aliphatic carbocycles. The maximum Gasteiger partial charge on any atom is 0.183 e. The Morgan fingerprint density at radius 1 is 1.12 bits per heavy atom. The van der Waals surface area contributed by atoms with E-state index in [9.17, 15) is 5.11 Å². The Balaban J connectivity index is 1.92. The van der Waals surface area contributed by atoms with Crippen molar-refractivity contribution in [2.75, 3.05) is 0 Å². The van der Waals surface area contributed by atoms with E-state index in [1.165, 1.54) is 0 Å². The van der Waals surface area contributed by atoms with Gasteiger partial charge in [-0.15, -0.1) is 0 Å². The van der Waals surface area contributed by atoms with E-state index in [4.69, 9.17) is 4.74 Å². The lowest BCUT2D eigenvalue weighted by molar-refractivity contribution is -0.112. The quantitative estimate of drug-likeness (QED) is 0.790. The number of hydrogen-bond acceptors (Lipinski definition) is 4. The molecule has 0 bridgehead atoms. The predicted octanol–water partition coefficient (Wildman–Crippen LogP) is 1.68. The average molecular weight is 216 g/mol. The summed E-state index contributed by atoms with van der Waals surface area (Å²) in [5.74, 6) is 0. The molecule has 1 N–H and O–H groups in total. The Morgan fingerprint density at radius 3 is 2.62 bits per heavy atom. The molecule has 0 radical (unpaired) electrons. The number of ether oxygens (including phenoxy) is 1. The number of pyridine rings is 2. The van der Waals surface area contributed by atoms with Gasteiger partial charge in [-0.2, -0.15) is 0 Å². The van der Waals surface area contributed by atoms with Gasteiger partial charge in [0.25, 0.3) is 0 Å². The molecule has 0 aliphatic heterocycles. The van der Waals surface area contributed by atoms with Crippen LogP contribution in [-0.2, 0) is 11.3 Å². The first-order chi connectivity index (χ1) is 7.86. The Labute approximate surface area is 93.6 Å².